The summed E-state index contributed by atoms with van der Waals surface area (Å²) >= 11 is 1.63. The Morgan fingerprint density at radius 1 is 1.18 bits per heavy atom. The van der Waals surface area contributed by atoms with Gasteiger partial charge in [0.1, 0.15) is 0 Å². The van der Waals surface area contributed by atoms with E-state index in [1.54, 1.807) is 16.7 Å². The zero-order valence-corrected chi connectivity index (χ0v) is 14.2. The fourth-order valence-corrected chi connectivity index (χ4v) is 2.94. The van der Waals surface area contributed by atoms with Gasteiger partial charge in [0.15, 0.2) is 0 Å². The summed E-state index contributed by atoms with van der Waals surface area (Å²) in [6, 6.07) is 5.93. The van der Waals surface area contributed by atoms with Gasteiger partial charge in [-0.3, -0.25) is 4.79 Å². The van der Waals surface area contributed by atoms with Crippen molar-refractivity contribution < 1.29 is 9.59 Å². The van der Waals surface area contributed by atoms with Crippen LogP contribution in [0.3, 0.4) is 0 Å². The molecule has 6 heteroatoms. The molecule has 0 saturated carbocycles. The van der Waals surface area contributed by atoms with Crippen molar-refractivity contribution in [2.24, 2.45) is 0 Å². The van der Waals surface area contributed by atoms with Crippen molar-refractivity contribution in [1.82, 2.24) is 15.1 Å². The summed E-state index contributed by atoms with van der Waals surface area (Å²) in [6.07, 6.45) is 2.00. The summed E-state index contributed by atoms with van der Waals surface area (Å²) in [6.45, 7) is 6.82. The third-order valence-corrected chi connectivity index (χ3v) is 4.58. The number of piperazine rings is 1. The Hall–Kier alpha value is -1.69. The lowest BCUT2D eigenvalue weighted by Gasteiger charge is -2.35. The third kappa shape index (κ3) is 3.74. The lowest BCUT2D eigenvalue weighted by atomic mass is 10.1. The van der Waals surface area contributed by atoms with Crippen molar-refractivity contribution in [3.63, 3.8) is 0 Å². The number of hydrogen-bond donors (Lipinski definition) is 1. The SMILES string of the molecule is CCNC(=O)N1CCN(C(=O)c2cc(SC)ccc2C)CC1. The highest BCUT2D eigenvalue weighted by molar-refractivity contribution is 7.98. The van der Waals surface area contributed by atoms with Crippen molar-refractivity contribution in [2.45, 2.75) is 18.7 Å². The average molecular weight is 321 g/mol. The Bertz CT molecular complexity index is 554. The van der Waals surface area contributed by atoms with Crippen LogP contribution in [0.15, 0.2) is 23.1 Å². The molecule has 0 atom stereocenters. The van der Waals surface area contributed by atoms with Gasteiger partial charge in [-0.05, 0) is 37.8 Å². The Morgan fingerprint density at radius 3 is 2.41 bits per heavy atom. The van der Waals surface area contributed by atoms with Crippen LogP contribution in [0.5, 0.6) is 0 Å². The van der Waals surface area contributed by atoms with Crippen molar-refractivity contribution >= 4 is 23.7 Å². The Kier molecular flexibility index (Phi) is 5.71. The van der Waals surface area contributed by atoms with Crippen LogP contribution < -0.4 is 5.32 Å². The van der Waals surface area contributed by atoms with Gasteiger partial charge in [0.25, 0.3) is 5.91 Å². The number of aryl methyl sites for hydroxylation is 1. The standard InChI is InChI=1S/C16H23N3O2S/c1-4-17-16(21)19-9-7-18(8-10-19)15(20)14-11-13(22-3)6-5-12(14)2/h5-6,11H,4,7-10H2,1-3H3,(H,17,21). The van der Waals surface area contributed by atoms with Gasteiger partial charge in [-0.15, -0.1) is 11.8 Å². The van der Waals surface area contributed by atoms with E-state index in [0.717, 1.165) is 16.0 Å². The minimum Gasteiger partial charge on any atom is -0.338 e. The number of urea groups is 1. The van der Waals surface area contributed by atoms with Crippen LogP contribution in [0.25, 0.3) is 0 Å². The molecule has 0 radical (unpaired) electrons. The minimum atomic E-state index is -0.0461. The molecule has 1 aromatic rings. The van der Waals surface area contributed by atoms with Crippen LogP contribution in [0.1, 0.15) is 22.8 Å². The topological polar surface area (TPSA) is 52.7 Å². The van der Waals surface area contributed by atoms with E-state index in [2.05, 4.69) is 5.32 Å². The number of amides is 3. The maximum atomic E-state index is 12.7. The first-order valence-corrected chi connectivity index (χ1v) is 8.76. The number of hydrogen-bond acceptors (Lipinski definition) is 3. The quantitative estimate of drug-likeness (QED) is 0.869. The molecule has 1 heterocycles. The molecule has 3 amide bonds. The van der Waals surface area contributed by atoms with Crippen LogP contribution in [-0.2, 0) is 0 Å². The molecular formula is C16H23N3O2S. The molecule has 0 aliphatic carbocycles. The first kappa shape index (κ1) is 16.7. The van der Waals surface area contributed by atoms with E-state index in [1.165, 1.54) is 0 Å². The molecule has 5 nitrogen and oxygen atoms in total. The second-order valence-electron chi connectivity index (χ2n) is 5.30. The number of benzene rings is 1. The number of nitrogens with one attached hydrogen (secondary N) is 1. The monoisotopic (exact) mass is 321 g/mol. The molecule has 1 aromatic carbocycles. The smallest absolute Gasteiger partial charge is 0.317 e. The van der Waals surface area contributed by atoms with Gasteiger partial charge in [-0.1, -0.05) is 6.07 Å². The molecule has 1 saturated heterocycles. The van der Waals surface area contributed by atoms with E-state index in [1.807, 2.05) is 43.2 Å². The predicted octanol–water partition coefficient (Wildman–Crippen LogP) is 2.20. The van der Waals surface area contributed by atoms with Crippen LogP contribution in [0, 0.1) is 6.92 Å². The maximum Gasteiger partial charge on any atom is 0.317 e. The highest BCUT2D eigenvalue weighted by Crippen LogP contribution is 2.21. The van der Waals surface area contributed by atoms with Gasteiger partial charge < -0.3 is 15.1 Å². The van der Waals surface area contributed by atoms with E-state index >= 15 is 0 Å². The van der Waals surface area contributed by atoms with Gasteiger partial charge in [0, 0.05) is 43.2 Å². The molecule has 0 unspecified atom stereocenters. The number of rotatable bonds is 3. The molecule has 2 rings (SSSR count). The van der Waals surface area contributed by atoms with E-state index in [0.29, 0.717) is 32.7 Å². The summed E-state index contributed by atoms with van der Waals surface area (Å²) in [5.74, 6) is 0.0592. The Labute approximate surface area is 136 Å². The van der Waals surface area contributed by atoms with Crippen LogP contribution in [0.4, 0.5) is 4.79 Å². The lowest BCUT2D eigenvalue weighted by Crippen LogP contribution is -2.53. The summed E-state index contributed by atoms with van der Waals surface area (Å²) in [5, 5.41) is 2.80. The molecule has 1 N–H and O–H groups in total. The molecule has 0 bridgehead atoms. The molecule has 0 spiro atoms. The van der Waals surface area contributed by atoms with Crippen molar-refractivity contribution in [3.8, 4) is 0 Å². The number of thioether (sulfide) groups is 1. The van der Waals surface area contributed by atoms with Gasteiger partial charge >= 0.3 is 6.03 Å². The van der Waals surface area contributed by atoms with Crippen LogP contribution >= 0.6 is 11.8 Å². The van der Waals surface area contributed by atoms with Gasteiger partial charge in [-0.25, -0.2) is 4.79 Å². The van der Waals surface area contributed by atoms with Gasteiger partial charge in [-0.2, -0.15) is 0 Å². The molecule has 22 heavy (non-hydrogen) atoms. The molecule has 0 aromatic heterocycles. The zero-order chi connectivity index (χ0) is 16.1. The summed E-state index contributed by atoms with van der Waals surface area (Å²) < 4.78 is 0. The second-order valence-corrected chi connectivity index (χ2v) is 6.18. The first-order valence-electron chi connectivity index (χ1n) is 7.53. The summed E-state index contributed by atoms with van der Waals surface area (Å²) in [4.78, 5) is 29.2. The summed E-state index contributed by atoms with van der Waals surface area (Å²) in [7, 11) is 0. The van der Waals surface area contributed by atoms with Crippen molar-refractivity contribution in [1.29, 1.82) is 0 Å². The molecule has 1 aliphatic rings. The van der Waals surface area contributed by atoms with Crippen LogP contribution in [0.2, 0.25) is 0 Å². The highest BCUT2D eigenvalue weighted by atomic mass is 32.2. The molecule has 1 aliphatic heterocycles. The molecular weight excluding hydrogens is 298 g/mol. The first-order chi connectivity index (χ1) is 10.6. The molecule has 1 fully saturated rings. The average Bonchev–Trinajstić information content (AvgIpc) is 2.55. The normalized spacial score (nSPS) is 14.9. The third-order valence-electron chi connectivity index (χ3n) is 3.86. The largest absolute Gasteiger partial charge is 0.338 e. The predicted molar refractivity (Wildman–Crippen MR) is 89.5 cm³/mol. The second kappa shape index (κ2) is 7.54. The Balaban J connectivity index is 2.02. The number of carbonyl (C=O) groups excluding carboxylic acids is 2. The maximum absolute atomic E-state index is 12.7. The fraction of sp³-hybridized carbons (Fsp3) is 0.500. The molecule has 120 valence electrons. The van der Waals surface area contributed by atoms with Crippen LogP contribution in [-0.4, -0.2) is 60.7 Å². The summed E-state index contributed by atoms with van der Waals surface area (Å²) in [5.41, 5.74) is 1.76. The van der Waals surface area contributed by atoms with E-state index < -0.39 is 0 Å². The van der Waals surface area contributed by atoms with Crippen molar-refractivity contribution in [2.75, 3.05) is 39.0 Å². The lowest BCUT2D eigenvalue weighted by molar-refractivity contribution is 0.0664. The number of carbonyl (C=O) groups is 2. The van der Waals surface area contributed by atoms with Crippen molar-refractivity contribution in [3.05, 3.63) is 29.3 Å². The highest BCUT2D eigenvalue weighted by Gasteiger charge is 2.25. The zero-order valence-electron chi connectivity index (χ0n) is 13.4. The van der Waals surface area contributed by atoms with E-state index in [-0.39, 0.29) is 11.9 Å². The number of nitrogens with zero attached hydrogens (tertiary/aromatic N) is 2. The fourth-order valence-electron chi connectivity index (χ4n) is 2.50. The van der Waals surface area contributed by atoms with E-state index in [4.69, 9.17) is 0 Å². The van der Waals surface area contributed by atoms with Gasteiger partial charge in [0.05, 0.1) is 0 Å². The minimum absolute atomic E-state index is 0.0461. The van der Waals surface area contributed by atoms with Gasteiger partial charge in [0.2, 0.25) is 0 Å². The van der Waals surface area contributed by atoms with E-state index in [9.17, 15) is 9.59 Å². The Morgan fingerprint density at radius 2 is 1.82 bits per heavy atom.